The standard InChI is InChI=1S/C26H45IO4Si/c1-19(17-20(2)27)25(31-32(9,10)26(4,5)6)21(3)24(29-8)15-16-30-18-22-11-13-23(28-7)14-12-22/h11-14,17,19,21,24-25H,15-16,18H2,1-10H3/b20-17+/t19-,21-,24-,25+/m1/s1. The second kappa shape index (κ2) is 13.5. The van der Waals surface area contributed by atoms with Crippen molar-refractivity contribution in [3.8, 4) is 5.75 Å². The van der Waals surface area contributed by atoms with Crippen LogP contribution in [-0.2, 0) is 20.5 Å². The van der Waals surface area contributed by atoms with Crippen LogP contribution >= 0.6 is 22.6 Å². The predicted molar refractivity (Wildman–Crippen MR) is 146 cm³/mol. The Morgan fingerprint density at radius 3 is 2.16 bits per heavy atom. The lowest BCUT2D eigenvalue weighted by molar-refractivity contribution is -0.0314. The maximum absolute atomic E-state index is 6.97. The van der Waals surface area contributed by atoms with E-state index in [0.717, 1.165) is 17.7 Å². The summed E-state index contributed by atoms with van der Waals surface area (Å²) in [5.41, 5.74) is 1.14. The van der Waals surface area contributed by atoms with E-state index in [2.05, 4.69) is 83.3 Å². The smallest absolute Gasteiger partial charge is 0.192 e. The van der Waals surface area contributed by atoms with E-state index in [9.17, 15) is 0 Å². The Labute approximate surface area is 211 Å². The predicted octanol–water partition coefficient (Wildman–Crippen LogP) is 7.62. The molecule has 0 bridgehead atoms. The van der Waals surface area contributed by atoms with Gasteiger partial charge >= 0.3 is 0 Å². The highest BCUT2D eigenvalue weighted by Crippen LogP contribution is 2.40. The highest BCUT2D eigenvalue weighted by molar-refractivity contribution is 14.1. The van der Waals surface area contributed by atoms with Crippen molar-refractivity contribution >= 4 is 30.9 Å². The second-order valence-electron chi connectivity index (χ2n) is 10.3. The number of hydrogen-bond donors (Lipinski definition) is 0. The first-order chi connectivity index (χ1) is 14.8. The zero-order chi connectivity index (χ0) is 24.5. The maximum Gasteiger partial charge on any atom is 0.192 e. The molecule has 0 aliphatic rings. The van der Waals surface area contributed by atoms with Gasteiger partial charge in [-0.15, -0.1) is 0 Å². The number of ether oxygens (including phenoxy) is 3. The van der Waals surface area contributed by atoms with Gasteiger partial charge in [0.15, 0.2) is 8.32 Å². The van der Waals surface area contributed by atoms with Crippen LogP contribution < -0.4 is 4.74 Å². The summed E-state index contributed by atoms with van der Waals surface area (Å²) in [6.45, 7) is 19.5. The minimum Gasteiger partial charge on any atom is -0.497 e. The molecular formula is C26H45IO4Si. The minimum absolute atomic E-state index is 0.0750. The van der Waals surface area contributed by atoms with Gasteiger partial charge in [0, 0.05) is 25.6 Å². The summed E-state index contributed by atoms with van der Waals surface area (Å²) >= 11 is 2.39. The fraction of sp³-hybridized carbons (Fsp3) is 0.692. The lowest BCUT2D eigenvalue weighted by atomic mass is 9.88. The highest BCUT2D eigenvalue weighted by Gasteiger charge is 2.42. The van der Waals surface area contributed by atoms with Crippen LogP contribution in [-0.4, -0.2) is 41.4 Å². The zero-order valence-electron chi connectivity index (χ0n) is 21.8. The monoisotopic (exact) mass is 576 g/mol. The van der Waals surface area contributed by atoms with Crippen molar-refractivity contribution < 1.29 is 18.6 Å². The maximum atomic E-state index is 6.97. The van der Waals surface area contributed by atoms with Crippen molar-refractivity contribution in [3.63, 3.8) is 0 Å². The molecule has 0 unspecified atom stereocenters. The van der Waals surface area contributed by atoms with Gasteiger partial charge in [-0.25, -0.2) is 0 Å². The molecule has 184 valence electrons. The first-order valence-electron chi connectivity index (χ1n) is 11.6. The summed E-state index contributed by atoms with van der Waals surface area (Å²) in [7, 11) is 1.56. The summed E-state index contributed by atoms with van der Waals surface area (Å²) in [4.78, 5) is 0. The lowest BCUT2D eigenvalue weighted by Crippen LogP contribution is -2.49. The summed E-state index contributed by atoms with van der Waals surface area (Å²) in [6, 6.07) is 8.01. The molecular weight excluding hydrogens is 531 g/mol. The molecule has 0 fully saturated rings. The summed E-state index contributed by atoms with van der Waals surface area (Å²) < 4.78 is 25.4. The van der Waals surface area contributed by atoms with E-state index in [4.69, 9.17) is 18.6 Å². The molecule has 0 aliphatic carbocycles. The molecule has 32 heavy (non-hydrogen) atoms. The average Bonchev–Trinajstić information content (AvgIpc) is 2.70. The molecule has 6 heteroatoms. The number of halogens is 1. The van der Waals surface area contributed by atoms with Crippen LogP contribution in [0.2, 0.25) is 18.1 Å². The highest BCUT2D eigenvalue weighted by atomic mass is 127. The van der Waals surface area contributed by atoms with Gasteiger partial charge in [0.25, 0.3) is 0 Å². The summed E-state index contributed by atoms with van der Waals surface area (Å²) in [6.07, 6.45) is 3.34. The molecule has 4 nitrogen and oxygen atoms in total. The van der Waals surface area contributed by atoms with Crippen molar-refractivity contribution in [2.75, 3.05) is 20.8 Å². The lowest BCUT2D eigenvalue weighted by Gasteiger charge is -2.43. The van der Waals surface area contributed by atoms with Crippen LogP contribution in [0.15, 0.2) is 33.9 Å². The fourth-order valence-electron chi connectivity index (χ4n) is 3.59. The Hall–Kier alpha value is -0.413. The van der Waals surface area contributed by atoms with Crippen molar-refractivity contribution in [2.24, 2.45) is 11.8 Å². The fourth-order valence-corrected chi connectivity index (χ4v) is 5.62. The topological polar surface area (TPSA) is 36.9 Å². The number of benzene rings is 1. The van der Waals surface area contributed by atoms with E-state index < -0.39 is 8.32 Å². The minimum atomic E-state index is -1.92. The van der Waals surface area contributed by atoms with Gasteiger partial charge in [-0.1, -0.05) is 52.8 Å². The molecule has 0 aromatic heterocycles. The Morgan fingerprint density at radius 1 is 1.09 bits per heavy atom. The number of hydrogen-bond acceptors (Lipinski definition) is 4. The molecule has 0 saturated heterocycles. The summed E-state index contributed by atoms with van der Waals surface area (Å²) in [5.74, 6) is 1.43. The normalized spacial score (nSPS) is 17.0. The molecule has 0 amide bonds. The molecule has 1 aromatic rings. The van der Waals surface area contributed by atoms with Gasteiger partial charge in [-0.2, -0.15) is 0 Å². The number of allylic oxidation sites excluding steroid dienone is 1. The first-order valence-corrected chi connectivity index (χ1v) is 15.6. The molecule has 0 N–H and O–H groups in total. The summed E-state index contributed by atoms with van der Waals surface area (Å²) in [5, 5.41) is 0.165. The third-order valence-electron chi connectivity index (χ3n) is 6.63. The van der Waals surface area contributed by atoms with Gasteiger partial charge in [0.2, 0.25) is 0 Å². The zero-order valence-corrected chi connectivity index (χ0v) is 25.0. The van der Waals surface area contributed by atoms with E-state index in [1.807, 2.05) is 24.3 Å². The van der Waals surface area contributed by atoms with Crippen LogP contribution in [0.5, 0.6) is 5.75 Å². The quantitative estimate of drug-likeness (QED) is 0.138. The Kier molecular flexibility index (Phi) is 12.5. The molecule has 0 heterocycles. The number of methoxy groups -OCH3 is 2. The molecule has 4 atom stereocenters. The van der Waals surface area contributed by atoms with E-state index in [0.29, 0.717) is 19.1 Å². The Balaban J connectivity index is 2.82. The van der Waals surface area contributed by atoms with Gasteiger partial charge in [-0.3, -0.25) is 0 Å². The van der Waals surface area contributed by atoms with Gasteiger partial charge < -0.3 is 18.6 Å². The third-order valence-corrected chi connectivity index (χ3v) is 11.5. The van der Waals surface area contributed by atoms with Gasteiger partial charge in [-0.05, 0) is 75.3 Å². The molecule has 1 aromatic carbocycles. The van der Waals surface area contributed by atoms with E-state index in [1.54, 1.807) is 14.2 Å². The first kappa shape index (κ1) is 29.6. The van der Waals surface area contributed by atoms with Crippen molar-refractivity contribution in [1.29, 1.82) is 0 Å². The van der Waals surface area contributed by atoms with Crippen LogP contribution in [0.3, 0.4) is 0 Å². The average molecular weight is 577 g/mol. The van der Waals surface area contributed by atoms with Crippen LogP contribution in [0, 0.1) is 11.8 Å². The van der Waals surface area contributed by atoms with Crippen LogP contribution in [0.25, 0.3) is 0 Å². The molecule has 0 spiro atoms. The van der Waals surface area contributed by atoms with E-state index in [-0.39, 0.29) is 23.2 Å². The molecule has 0 saturated carbocycles. The van der Waals surface area contributed by atoms with Crippen LogP contribution in [0.4, 0.5) is 0 Å². The molecule has 0 radical (unpaired) electrons. The van der Waals surface area contributed by atoms with Gasteiger partial charge in [0.05, 0.1) is 25.9 Å². The Morgan fingerprint density at radius 2 is 1.69 bits per heavy atom. The Bertz CT molecular complexity index is 693. The van der Waals surface area contributed by atoms with Crippen LogP contribution in [0.1, 0.15) is 53.5 Å². The van der Waals surface area contributed by atoms with Gasteiger partial charge in [0.1, 0.15) is 5.75 Å². The second-order valence-corrected chi connectivity index (χ2v) is 16.7. The molecule has 0 aliphatic heterocycles. The molecule has 1 rings (SSSR count). The third kappa shape index (κ3) is 9.45. The SMILES string of the molecule is COc1ccc(COCC[C@@H](OC)[C@@H](C)[C@@H](O[Si](C)(C)C(C)(C)C)[C@H](C)/C=C(\C)I)cc1. The van der Waals surface area contributed by atoms with Crippen molar-refractivity contribution in [3.05, 3.63) is 39.5 Å². The van der Waals surface area contributed by atoms with Crippen molar-refractivity contribution in [1.82, 2.24) is 0 Å². The van der Waals surface area contributed by atoms with Crippen molar-refractivity contribution in [2.45, 2.75) is 84.9 Å². The number of rotatable bonds is 13. The van der Waals surface area contributed by atoms with E-state index in [1.165, 1.54) is 3.58 Å². The van der Waals surface area contributed by atoms with E-state index >= 15 is 0 Å². The largest absolute Gasteiger partial charge is 0.497 e.